The molecule has 0 aromatic heterocycles. The third-order valence-corrected chi connectivity index (χ3v) is 4.29. The number of benzene rings is 2. The summed E-state index contributed by atoms with van der Waals surface area (Å²) in [5.41, 5.74) is 5.81. The molecule has 0 spiro atoms. The average Bonchev–Trinajstić information content (AvgIpc) is 2.92. The van der Waals surface area contributed by atoms with Crippen LogP contribution in [0.4, 0.5) is 0 Å². The van der Waals surface area contributed by atoms with Gasteiger partial charge in [0.2, 0.25) is 0 Å². The van der Waals surface area contributed by atoms with Crippen LogP contribution in [0.2, 0.25) is 0 Å². The van der Waals surface area contributed by atoms with Gasteiger partial charge in [0.05, 0.1) is 0 Å². The Morgan fingerprint density at radius 2 is 1.55 bits per heavy atom. The molecule has 20 heavy (non-hydrogen) atoms. The maximum absolute atomic E-state index is 5.88. The molecule has 1 aliphatic carbocycles. The zero-order valence-corrected chi connectivity index (χ0v) is 12.3. The van der Waals surface area contributed by atoms with Crippen LogP contribution in [-0.2, 0) is 12.8 Å². The fraction of sp³-hybridized carbons (Fsp3) is 0.263. The molecule has 102 valence electrons. The minimum absolute atomic E-state index is 0.595. The van der Waals surface area contributed by atoms with Gasteiger partial charge < -0.3 is 0 Å². The quantitative estimate of drug-likeness (QED) is 0.683. The van der Waals surface area contributed by atoms with E-state index >= 15 is 0 Å². The van der Waals surface area contributed by atoms with Crippen LogP contribution in [0.15, 0.2) is 60.7 Å². The van der Waals surface area contributed by atoms with Crippen molar-refractivity contribution in [3.8, 4) is 0 Å². The predicted molar refractivity (Wildman–Crippen MR) is 87.1 cm³/mol. The van der Waals surface area contributed by atoms with E-state index in [9.17, 15) is 0 Å². The highest BCUT2D eigenvalue weighted by atomic mass is 35.5. The molecule has 0 saturated heterocycles. The van der Waals surface area contributed by atoms with Gasteiger partial charge in [-0.2, -0.15) is 0 Å². The molecule has 0 radical (unpaired) electrons. The molecule has 0 bridgehead atoms. The summed E-state index contributed by atoms with van der Waals surface area (Å²) in [5, 5.41) is 0. The molecular weight excluding hydrogens is 264 g/mol. The number of allylic oxidation sites excluding steroid dienone is 2. The Kier molecular flexibility index (Phi) is 4.22. The van der Waals surface area contributed by atoms with E-state index in [-0.39, 0.29) is 0 Å². The number of halogens is 1. The van der Waals surface area contributed by atoms with Crippen LogP contribution in [-0.4, -0.2) is 5.88 Å². The lowest BCUT2D eigenvalue weighted by atomic mass is 9.89. The van der Waals surface area contributed by atoms with Gasteiger partial charge in [-0.1, -0.05) is 60.7 Å². The monoisotopic (exact) mass is 282 g/mol. The van der Waals surface area contributed by atoms with Crippen LogP contribution in [0.1, 0.15) is 23.1 Å². The molecule has 0 N–H and O–H groups in total. The van der Waals surface area contributed by atoms with Crippen molar-refractivity contribution < 1.29 is 0 Å². The fourth-order valence-electron chi connectivity index (χ4n) is 3.14. The van der Waals surface area contributed by atoms with E-state index in [2.05, 4.69) is 60.7 Å². The average molecular weight is 283 g/mol. The minimum Gasteiger partial charge on any atom is -0.126 e. The topological polar surface area (TPSA) is 0 Å². The van der Waals surface area contributed by atoms with Crippen molar-refractivity contribution in [3.63, 3.8) is 0 Å². The standard InChI is InChI=1S/C19H19Cl/c20-12-6-11-19(15-7-2-1-3-8-15)18-13-16-9-4-5-10-17(16)14-18/h1-5,7-11,18H,6,12-14H2. The number of fused-ring (bicyclic) bond motifs is 1. The second kappa shape index (κ2) is 6.28. The number of alkyl halides is 1. The van der Waals surface area contributed by atoms with E-state index in [0.717, 1.165) is 19.3 Å². The smallest absolute Gasteiger partial charge is 0.0258 e. The summed E-state index contributed by atoms with van der Waals surface area (Å²) in [6.45, 7) is 0. The molecule has 2 aromatic rings. The van der Waals surface area contributed by atoms with Crippen LogP contribution in [0.5, 0.6) is 0 Å². The predicted octanol–water partition coefficient (Wildman–Crippen LogP) is 5.11. The van der Waals surface area contributed by atoms with Crippen molar-refractivity contribution in [1.29, 1.82) is 0 Å². The molecule has 1 aliphatic rings. The molecule has 0 atom stereocenters. The van der Waals surface area contributed by atoms with E-state index in [0.29, 0.717) is 11.8 Å². The van der Waals surface area contributed by atoms with Gasteiger partial charge in [-0.25, -0.2) is 0 Å². The Bertz CT molecular complexity index is 573. The number of hydrogen-bond acceptors (Lipinski definition) is 0. The van der Waals surface area contributed by atoms with Gasteiger partial charge in [0.25, 0.3) is 0 Å². The summed E-state index contributed by atoms with van der Waals surface area (Å²) >= 11 is 5.88. The molecule has 0 amide bonds. The summed E-state index contributed by atoms with van der Waals surface area (Å²) in [7, 11) is 0. The third-order valence-electron chi connectivity index (χ3n) is 4.07. The molecule has 0 fully saturated rings. The summed E-state index contributed by atoms with van der Waals surface area (Å²) in [6, 6.07) is 19.5. The van der Waals surface area contributed by atoms with Crippen molar-refractivity contribution in [2.75, 3.05) is 5.88 Å². The summed E-state index contributed by atoms with van der Waals surface area (Å²) < 4.78 is 0. The molecule has 0 saturated carbocycles. The zero-order valence-electron chi connectivity index (χ0n) is 11.6. The summed E-state index contributed by atoms with van der Waals surface area (Å²) in [4.78, 5) is 0. The van der Waals surface area contributed by atoms with Gasteiger partial charge in [0.15, 0.2) is 0 Å². The zero-order chi connectivity index (χ0) is 13.8. The lowest BCUT2D eigenvalue weighted by molar-refractivity contribution is 0.723. The van der Waals surface area contributed by atoms with Crippen molar-refractivity contribution in [2.45, 2.75) is 19.3 Å². The van der Waals surface area contributed by atoms with Crippen LogP contribution < -0.4 is 0 Å². The Labute approximate surface area is 126 Å². The Morgan fingerprint density at radius 3 is 2.15 bits per heavy atom. The van der Waals surface area contributed by atoms with E-state index in [1.807, 2.05) is 0 Å². The largest absolute Gasteiger partial charge is 0.126 e. The molecule has 0 heterocycles. The van der Waals surface area contributed by atoms with Crippen LogP contribution in [0.3, 0.4) is 0 Å². The highest BCUT2D eigenvalue weighted by Gasteiger charge is 2.24. The van der Waals surface area contributed by atoms with E-state index < -0.39 is 0 Å². The van der Waals surface area contributed by atoms with Crippen molar-refractivity contribution >= 4 is 17.2 Å². The number of rotatable bonds is 4. The first-order valence-electron chi connectivity index (χ1n) is 7.26. The first kappa shape index (κ1) is 13.5. The van der Waals surface area contributed by atoms with Crippen LogP contribution in [0, 0.1) is 5.92 Å². The highest BCUT2D eigenvalue weighted by Crippen LogP contribution is 2.36. The lowest BCUT2D eigenvalue weighted by Gasteiger charge is -2.15. The number of hydrogen-bond donors (Lipinski definition) is 0. The fourth-order valence-corrected chi connectivity index (χ4v) is 3.25. The molecular formula is C19H19Cl. The molecule has 0 unspecified atom stereocenters. The van der Waals surface area contributed by atoms with Gasteiger partial charge in [-0.05, 0) is 47.4 Å². The van der Waals surface area contributed by atoms with Gasteiger partial charge in [0.1, 0.15) is 0 Å². The second-order valence-electron chi connectivity index (χ2n) is 5.38. The van der Waals surface area contributed by atoms with Gasteiger partial charge >= 0.3 is 0 Å². The van der Waals surface area contributed by atoms with Crippen LogP contribution in [0.25, 0.3) is 5.57 Å². The van der Waals surface area contributed by atoms with E-state index in [1.54, 1.807) is 0 Å². The van der Waals surface area contributed by atoms with E-state index in [4.69, 9.17) is 11.6 Å². The SMILES string of the molecule is ClCCC=C(c1ccccc1)C1Cc2ccccc2C1. The molecule has 1 heteroatoms. The Balaban J connectivity index is 1.89. The van der Waals surface area contributed by atoms with Gasteiger partial charge in [0, 0.05) is 5.88 Å². The van der Waals surface area contributed by atoms with Gasteiger partial charge in [-0.3, -0.25) is 0 Å². The molecule has 0 aliphatic heterocycles. The van der Waals surface area contributed by atoms with Crippen molar-refractivity contribution in [2.24, 2.45) is 5.92 Å². The van der Waals surface area contributed by atoms with E-state index in [1.165, 1.54) is 22.3 Å². The van der Waals surface area contributed by atoms with Crippen molar-refractivity contribution in [1.82, 2.24) is 0 Å². The maximum Gasteiger partial charge on any atom is 0.0258 e. The summed E-state index contributed by atoms with van der Waals surface area (Å²) in [6.07, 6.45) is 5.58. The van der Waals surface area contributed by atoms with Gasteiger partial charge in [-0.15, -0.1) is 11.6 Å². The first-order chi connectivity index (χ1) is 9.88. The molecule has 0 nitrogen and oxygen atoms in total. The summed E-state index contributed by atoms with van der Waals surface area (Å²) in [5.74, 6) is 1.29. The first-order valence-corrected chi connectivity index (χ1v) is 7.80. The normalized spacial score (nSPS) is 15.3. The molecule has 2 aromatic carbocycles. The highest BCUT2D eigenvalue weighted by molar-refractivity contribution is 6.18. The van der Waals surface area contributed by atoms with Crippen LogP contribution >= 0.6 is 11.6 Å². The maximum atomic E-state index is 5.88. The lowest BCUT2D eigenvalue weighted by Crippen LogP contribution is -2.03. The Morgan fingerprint density at radius 1 is 0.950 bits per heavy atom. The van der Waals surface area contributed by atoms with Crippen molar-refractivity contribution in [3.05, 3.63) is 77.4 Å². The third kappa shape index (κ3) is 2.81. The second-order valence-corrected chi connectivity index (χ2v) is 5.75. The Hall–Kier alpha value is -1.53. The molecule has 3 rings (SSSR count). The minimum atomic E-state index is 0.595.